The first kappa shape index (κ1) is 24.8. The van der Waals surface area contributed by atoms with Gasteiger partial charge in [-0.25, -0.2) is 0 Å². The molecular formula is C23H30BN3O6. The van der Waals surface area contributed by atoms with Gasteiger partial charge in [-0.05, 0) is 64.2 Å². The first-order valence-electron chi connectivity index (χ1n) is 10.8. The Morgan fingerprint density at radius 3 is 2.24 bits per heavy atom. The Bertz CT molecular complexity index is 992. The van der Waals surface area contributed by atoms with Crippen LogP contribution < -0.4 is 10.8 Å². The zero-order valence-electron chi connectivity index (χ0n) is 19.3. The van der Waals surface area contributed by atoms with E-state index in [0.29, 0.717) is 29.6 Å². The highest BCUT2D eigenvalue weighted by molar-refractivity contribution is 6.58. The zero-order valence-corrected chi connectivity index (χ0v) is 19.3. The van der Waals surface area contributed by atoms with Crippen molar-refractivity contribution >= 4 is 29.9 Å². The molecule has 33 heavy (non-hydrogen) atoms. The molecule has 1 aliphatic rings. The molecule has 0 unspecified atom stereocenters. The number of benzene rings is 2. The van der Waals surface area contributed by atoms with Crippen molar-refractivity contribution in [1.29, 1.82) is 0 Å². The maximum atomic E-state index is 13.0. The van der Waals surface area contributed by atoms with E-state index in [9.17, 15) is 25.0 Å². The van der Waals surface area contributed by atoms with Crippen LogP contribution in [0.1, 0.15) is 46.1 Å². The van der Waals surface area contributed by atoms with Gasteiger partial charge in [-0.1, -0.05) is 24.3 Å². The van der Waals surface area contributed by atoms with E-state index in [0.717, 1.165) is 0 Å². The summed E-state index contributed by atoms with van der Waals surface area (Å²) in [5.41, 5.74) is 0.429. The number of nitrogens with zero attached hydrogens (tertiary/aromatic N) is 2. The molecule has 1 saturated heterocycles. The number of nitrogens with one attached hydrogen (secondary N) is 1. The Hall–Kier alpha value is -2.79. The third-order valence-corrected chi connectivity index (χ3v) is 5.98. The molecule has 2 aromatic rings. The Morgan fingerprint density at radius 1 is 1.12 bits per heavy atom. The Balaban J connectivity index is 1.70. The number of carbonyl (C=O) groups excluding carboxylic acids is 1. The minimum Gasteiger partial charge on any atom is -0.423 e. The molecule has 0 spiro atoms. The fourth-order valence-electron chi connectivity index (χ4n) is 4.73. The molecule has 0 aliphatic carbocycles. The van der Waals surface area contributed by atoms with Gasteiger partial charge in [0.1, 0.15) is 6.61 Å². The fourth-order valence-corrected chi connectivity index (χ4v) is 4.73. The summed E-state index contributed by atoms with van der Waals surface area (Å²) < 4.78 is 0. The number of hydrogen-bond donors (Lipinski definition) is 3. The maximum Gasteiger partial charge on any atom is 0.488 e. The molecule has 0 bridgehead atoms. The van der Waals surface area contributed by atoms with Gasteiger partial charge in [0.05, 0.1) is 10.5 Å². The normalized spacial score (nSPS) is 18.0. The molecule has 1 aliphatic heterocycles. The molecule has 0 atom stereocenters. The average Bonchev–Trinajstić information content (AvgIpc) is 2.72. The molecule has 1 amide bonds. The number of hydrogen-bond acceptors (Lipinski definition) is 7. The van der Waals surface area contributed by atoms with Crippen LogP contribution in [0.3, 0.4) is 0 Å². The summed E-state index contributed by atoms with van der Waals surface area (Å²) in [6.07, 6.45) is 1.07. The van der Waals surface area contributed by atoms with Crippen LogP contribution in [0.5, 0.6) is 0 Å². The molecule has 2 aromatic carbocycles. The summed E-state index contributed by atoms with van der Waals surface area (Å²) >= 11 is 0. The SMILES string of the molecule is CC1(C)CC(C(=O)Nc2ccc(B(O)O)cc2)CC(C)(C)N1OCc1ccccc1[N+](=O)[O-]. The molecule has 10 heteroatoms. The van der Waals surface area contributed by atoms with Crippen molar-refractivity contribution < 1.29 is 24.6 Å². The first-order chi connectivity index (χ1) is 15.4. The third kappa shape index (κ3) is 5.77. The number of amides is 1. The Morgan fingerprint density at radius 2 is 1.70 bits per heavy atom. The van der Waals surface area contributed by atoms with Crippen LogP contribution in [0.2, 0.25) is 0 Å². The minimum absolute atomic E-state index is 0.0158. The molecule has 1 fully saturated rings. The van der Waals surface area contributed by atoms with E-state index < -0.39 is 23.1 Å². The number of nitro groups is 1. The van der Waals surface area contributed by atoms with Gasteiger partial charge < -0.3 is 15.4 Å². The number of anilines is 1. The first-order valence-corrected chi connectivity index (χ1v) is 10.8. The standard InChI is InChI=1S/C23H30BN3O6/c1-22(2)13-17(21(28)25-19-11-9-18(10-12-19)24(29)30)14-23(3,4)27(22)33-15-16-7-5-6-8-20(16)26(31)32/h5-12,17,29-30H,13-15H2,1-4H3,(H,25,28). The van der Waals surface area contributed by atoms with Crippen LogP contribution in [0.15, 0.2) is 48.5 Å². The van der Waals surface area contributed by atoms with E-state index in [-0.39, 0.29) is 24.1 Å². The monoisotopic (exact) mass is 455 g/mol. The van der Waals surface area contributed by atoms with Crippen molar-refractivity contribution in [3.63, 3.8) is 0 Å². The number of nitro benzene ring substituents is 1. The highest BCUT2D eigenvalue weighted by Crippen LogP contribution is 2.42. The van der Waals surface area contributed by atoms with Crippen LogP contribution in [0.25, 0.3) is 0 Å². The van der Waals surface area contributed by atoms with Crippen molar-refractivity contribution in [1.82, 2.24) is 5.06 Å². The van der Waals surface area contributed by atoms with Gasteiger partial charge in [0.15, 0.2) is 0 Å². The molecule has 176 valence electrons. The topological polar surface area (TPSA) is 125 Å². The molecule has 9 nitrogen and oxygen atoms in total. The van der Waals surface area contributed by atoms with E-state index in [1.807, 2.05) is 32.8 Å². The van der Waals surface area contributed by atoms with Crippen molar-refractivity contribution in [3.8, 4) is 0 Å². The summed E-state index contributed by atoms with van der Waals surface area (Å²) in [5.74, 6) is -0.393. The average molecular weight is 455 g/mol. The fraction of sp³-hybridized carbons (Fsp3) is 0.435. The van der Waals surface area contributed by atoms with E-state index >= 15 is 0 Å². The molecule has 3 N–H and O–H groups in total. The van der Waals surface area contributed by atoms with Crippen LogP contribution in [0.4, 0.5) is 11.4 Å². The highest BCUT2D eigenvalue weighted by Gasteiger charge is 2.48. The second-order valence-electron chi connectivity index (χ2n) is 9.67. The van der Waals surface area contributed by atoms with Gasteiger partial charge in [0.2, 0.25) is 5.91 Å². The second-order valence-corrected chi connectivity index (χ2v) is 9.67. The highest BCUT2D eigenvalue weighted by atomic mass is 16.7. The van der Waals surface area contributed by atoms with Crippen LogP contribution in [-0.4, -0.2) is 44.1 Å². The second kappa shape index (κ2) is 9.60. The molecular weight excluding hydrogens is 425 g/mol. The van der Waals surface area contributed by atoms with E-state index in [4.69, 9.17) is 4.84 Å². The third-order valence-electron chi connectivity index (χ3n) is 5.98. The number of para-hydroxylation sites is 1. The smallest absolute Gasteiger partial charge is 0.423 e. The van der Waals surface area contributed by atoms with Crippen LogP contribution >= 0.6 is 0 Å². The molecule has 0 radical (unpaired) electrons. The predicted octanol–water partition coefficient (Wildman–Crippen LogP) is 2.61. The molecule has 1 heterocycles. The van der Waals surface area contributed by atoms with Crippen LogP contribution in [-0.2, 0) is 16.2 Å². The van der Waals surface area contributed by atoms with Gasteiger partial charge in [-0.2, -0.15) is 5.06 Å². The van der Waals surface area contributed by atoms with Crippen molar-refractivity contribution in [3.05, 3.63) is 64.2 Å². The van der Waals surface area contributed by atoms with Crippen molar-refractivity contribution in [2.75, 3.05) is 5.32 Å². The van der Waals surface area contributed by atoms with E-state index in [2.05, 4.69) is 5.32 Å². The maximum absolute atomic E-state index is 13.0. The molecule has 0 aromatic heterocycles. The van der Waals surface area contributed by atoms with E-state index in [1.54, 1.807) is 42.5 Å². The largest absolute Gasteiger partial charge is 0.488 e. The minimum atomic E-state index is -1.56. The van der Waals surface area contributed by atoms with Crippen LogP contribution in [0, 0.1) is 16.0 Å². The van der Waals surface area contributed by atoms with E-state index in [1.165, 1.54) is 6.07 Å². The van der Waals surface area contributed by atoms with Gasteiger partial charge in [0, 0.05) is 28.7 Å². The summed E-state index contributed by atoms with van der Waals surface area (Å²) in [4.78, 5) is 30.0. The quantitative estimate of drug-likeness (QED) is 0.333. The summed E-state index contributed by atoms with van der Waals surface area (Å²) in [7, 11) is -1.56. The predicted molar refractivity (Wildman–Crippen MR) is 126 cm³/mol. The number of piperidine rings is 1. The van der Waals surface area contributed by atoms with Crippen molar-refractivity contribution in [2.24, 2.45) is 5.92 Å². The lowest BCUT2D eigenvalue weighted by molar-refractivity contribution is -0.386. The number of rotatable bonds is 7. The van der Waals surface area contributed by atoms with Gasteiger partial charge in [-0.3, -0.25) is 19.7 Å². The summed E-state index contributed by atoms with van der Waals surface area (Å²) in [6, 6.07) is 12.9. The van der Waals surface area contributed by atoms with Gasteiger partial charge >= 0.3 is 7.12 Å². The lowest BCUT2D eigenvalue weighted by Gasteiger charge is -2.53. The van der Waals surface area contributed by atoms with Gasteiger partial charge in [0.25, 0.3) is 5.69 Å². The van der Waals surface area contributed by atoms with Gasteiger partial charge in [-0.15, -0.1) is 0 Å². The van der Waals surface area contributed by atoms with Crippen molar-refractivity contribution in [2.45, 2.75) is 58.2 Å². The lowest BCUT2D eigenvalue weighted by Crippen LogP contribution is -2.61. The summed E-state index contributed by atoms with van der Waals surface area (Å²) in [6.45, 7) is 8.02. The number of hydroxylamine groups is 2. The molecule has 0 saturated carbocycles. The number of carbonyl (C=O) groups is 1. The summed E-state index contributed by atoms with van der Waals surface area (Å²) in [5, 5.41) is 34.5. The lowest BCUT2D eigenvalue weighted by atomic mass is 9.75. The zero-order chi connectivity index (χ0) is 24.4. The Kier molecular flexibility index (Phi) is 7.23. The molecule has 3 rings (SSSR count). The Labute approximate surface area is 193 Å².